The van der Waals surface area contributed by atoms with Crippen molar-refractivity contribution in [2.75, 3.05) is 6.54 Å². The summed E-state index contributed by atoms with van der Waals surface area (Å²) in [6.45, 7) is 2.54. The highest BCUT2D eigenvalue weighted by Crippen LogP contribution is 2.23. The average molecular weight is 277 g/mol. The second-order valence-electron chi connectivity index (χ2n) is 5.14. The molecule has 108 valence electrons. The van der Waals surface area contributed by atoms with Gasteiger partial charge in [-0.15, -0.1) is 0 Å². The molecule has 1 unspecified atom stereocenters. The highest BCUT2D eigenvalue weighted by molar-refractivity contribution is 5.72. The quantitative estimate of drug-likeness (QED) is 0.921. The number of benzene rings is 1. The van der Waals surface area contributed by atoms with Gasteiger partial charge in [0.05, 0.1) is 5.92 Å². The van der Waals surface area contributed by atoms with E-state index in [1.807, 2.05) is 37.3 Å². The van der Waals surface area contributed by atoms with E-state index in [0.29, 0.717) is 19.4 Å². The molecule has 2 atom stereocenters. The lowest BCUT2D eigenvalue weighted by atomic mass is 9.92. The number of carboxylic acid groups (broad SMARTS) is 1. The van der Waals surface area contributed by atoms with Crippen LogP contribution in [-0.4, -0.2) is 34.7 Å². The third kappa shape index (κ3) is 3.50. The maximum atomic E-state index is 12.0. The van der Waals surface area contributed by atoms with Crippen molar-refractivity contribution in [2.45, 2.75) is 32.4 Å². The number of nitrogens with zero attached hydrogens (tertiary/aromatic N) is 1. The number of carboxylic acids is 1. The number of likely N-dealkylation sites (tertiary alicyclic amines) is 1. The summed E-state index contributed by atoms with van der Waals surface area (Å²) in [5.41, 5.74) is 0.939. The van der Waals surface area contributed by atoms with Crippen LogP contribution in [0.3, 0.4) is 0 Å². The van der Waals surface area contributed by atoms with Crippen LogP contribution in [0.1, 0.15) is 25.3 Å². The predicted octanol–water partition coefficient (Wildman–Crippen LogP) is 2.51. The molecule has 0 radical (unpaired) electrons. The van der Waals surface area contributed by atoms with Gasteiger partial charge >= 0.3 is 12.1 Å². The summed E-state index contributed by atoms with van der Waals surface area (Å²) in [5, 5.41) is 9.00. The summed E-state index contributed by atoms with van der Waals surface area (Å²) in [4.78, 5) is 24.6. The van der Waals surface area contributed by atoms with Crippen LogP contribution >= 0.6 is 0 Å². The summed E-state index contributed by atoms with van der Waals surface area (Å²) in [6, 6.07) is 9.38. The van der Waals surface area contributed by atoms with Crippen LogP contribution in [0.5, 0.6) is 0 Å². The Kier molecular flexibility index (Phi) is 4.61. The van der Waals surface area contributed by atoms with Gasteiger partial charge in [0.2, 0.25) is 0 Å². The smallest absolute Gasteiger partial charge is 0.410 e. The molecule has 1 heterocycles. The van der Waals surface area contributed by atoms with Gasteiger partial charge in [-0.05, 0) is 25.3 Å². The molecule has 0 spiro atoms. The third-order valence-electron chi connectivity index (χ3n) is 3.67. The maximum absolute atomic E-state index is 12.0. The Hall–Kier alpha value is -2.04. The molecule has 1 aromatic rings. The number of carbonyl (C=O) groups is 2. The van der Waals surface area contributed by atoms with Crippen molar-refractivity contribution in [1.82, 2.24) is 4.90 Å². The molecule has 0 aromatic heterocycles. The normalized spacial score (nSPS) is 22.4. The largest absolute Gasteiger partial charge is 0.481 e. The van der Waals surface area contributed by atoms with Crippen LogP contribution in [0.4, 0.5) is 4.79 Å². The number of aliphatic carboxylic acids is 1. The van der Waals surface area contributed by atoms with E-state index in [-0.39, 0.29) is 24.7 Å². The molecule has 1 aromatic carbocycles. The van der Waals surface area contributed by atoms with E-state index in [1.165, 1.54) is 0 Å². The van der Waals surface area contributed by atoms with Gasteiger partial charge in [0.1, 0.15) is 6.61 Å². The maximum Gasteiger partial charge on any atom is 0.410 e. The van der Waals surface area contributed by atoms with Crippen molar-refractivity contribution in [1.29, 1.82) is 0 Å². The zero-order chi connectivity index (χ0) is 14.5. The molecule has 20 heavy (non-hydrogen) atoms. The number of amides is 1. The fourth-order valence-corrected chi connectivity index (χ4v) is 2.47. The lowest BCUT2D eigenvalue weighted by Gasteiger charge is -2.35. The summed E-state index contributed by atoms with van der Waals surface area (Å²) in [7, 11) is 0. The average Bonchev–Trinajstić information content (AvgIpc) is 2.45. The van der Waals surface area contributed by atoms with E-state index < -0.39 is 5.97 Å². The summed E-state index contributed by atoms with van der Waals surface area (Å²) in [5.74, 6) is -1.14. The molecular formula is C15H19NO4. The standard InChI is InChI=1S/C15H19NO4/c1-11-9-13(14(17)18)7-8-16(11)15(19)20-10-12-5-3-2-4-6-12/h2-6,11,13H,7-10H2,1H3,(H,17,18)/t11-,13?/m0/s1. The highest BCUT2D eigenvalue weighted by Gasteiger charge is 2.32. The van der Waals surface area contributed by atoms with E-state index in [4.69, 9.17) is 9.84 Å². The Morgan fingerprint density at radius 2 is 2.05 bits per heavy atom. The first-order valence-electron chi connectivity index (χ1n) is 6.78. The van der Waals surface area contributed by atoms with Crippen molar-refractivity contribution in [3.8, 4) is 0 Å². The Labute approximate surface area is 118 Å². The first kappa shape index (κ1) is 14.4. The fourth-order valence-electron chi connectivity index (χ4n) is 2.47. The molecule has 0 bridgehead atoms. The molecule has 1 N–H and O–H groups in total. The summed E-state index contributed by atoms with van der Waals surface area (Å²) < 4.78 is 5.27. The van der Waals surface area contributed by atoms with E-state index in [1.54, 1.807) is 4.90 Å². The second-order valence-corrected chi connectivity index (χ2v) is 5.14. The number of ether oxygens (including phenoxy) is 1. The fraction of sp³-hybridized carbons (Fsp3) is 0.467. The topological polar surface area (TPSA) is 66.8 Å². The van der Waals surface area contributed by atoms with Gasteiger partial charge in [0, 0.05) is 12.6 Å². The lowest BCUT2D eigenvalue weighted by Crippen LogP contribution is -2.46. The van der Waals surface area contributed by atoms with Crippen LogP contribution in [0.15, 0.2) is 30.3 Å². The monoisotopic (exact) mass is 277 g/mol. The van der Waals surface area contributed by atoms with Gasteiger partial charge in [0.15, 0.2) is 0 Å². The van der Waals surface area contributed by atoms with Gasteiger partial charge in [-0.3, -0.25) is 4.79 Å². The van der Waals surface area contributed by atoms with Gasteiger partial charge in [0.25, 0.3) is 0 Å². The zero-order valence-electron chi connectivity index (χ0n) is 11.5. The van der Waals surface area contributed by atoms with Crippen molar-refractivity contribution < 1.29 is 19.4 Å². The van der Waals surface area contributed by atoms with Crippen LogP contribution in [0.2, 0.25) is 0 Å². The minimum Gasteiger partial charge on any atom is -0.481 e. The number of piperidine rings is 1. The molecular weight excluding hydrogens is 258 g/mol. The molecule has 5 nitrogen and oxygen atoms in total. The molecule has 2 rings (SSSR count). The van der Waals surface area contributed by atoms with Crippen molar-refractivity contribution in [3.63, 3.8) is 0 Å². The molecule has 1 fully saturated rings. The van der Waals surface area contributed by atoms with E-state index in [0.717, 1.165) is 5.56 Å². The number of carbonyl (C=O) groups excluding carboxylic acids is 1. The predicted molar refractivity (Wildman–Crippen MR) is 73.2 cm³/mol. The SMILES string of the molecule is C[C@H]1CC(C(=O)O)CCN1C(=O)OCc1ccccc1. The van der Waals surface area contributed by atoms with E-state index in [9.17, 15) is 9.59 Å². The minimum absolute atomic E-state index is 0.104. The number of hydrogen-bond donors (Lipinski definition) is 1. The van der Waals surface area contributed by atoms with Crippen molar-refractivity contribution in [3.05, 3.63) is 35.9 Å². The molecule has 1 aliphatic rings. The highest BCUT2D eigenvalue weighted by atomic mass is 16.6. The number of rotatable bonds is 3. The van der Waals surface area contributed by atoms with Gasteiger partial charge in [-0.25, -0.2) is 4.79 Å². The molecule has 1 aliphatic heterocycles. The first-order chi connectivity index (χ1) is 9.58. The summed E-state index contributed by atoms with van der Waals surface area (Å²) in [6.07, 6.45) is 0.598. The molecule has 1 saturated heterocycles. The summed E-state index contributed by atoms with van der Waals surface area (Å²) >= 11 is 0. The van der Waals surface area contributed by atoms with Crippen molar-refractivity contribution >= 4 is 12.1 Å². The Balaban J connectivity index is 1.85. The lowest BCUT2D eigenvalue weighted by molar-refractivity contribution is -0.143. The Morgan fingerprint density at radius 3 is 2.65 bits per heavy atom. The molecule has 5 heteroatoms. The van der Waals surface area contributed by atoms with Crippen molar-refractivity contribution in [2.24, 2.45) is 5.92 Å². The first-order valence-corrected chi connectivity index (χ1v) is 6.78. The minimum atomic E-state index is -0.783. The Bertz CT molecular complexity index is 474. The molecule has 1 amide bonds. The number of hydrogen-bond acceptors (Lipinski definition) is 3. The van der Waals surface area contributed by atoms with Crippen LogP contribution < -0.4 is 0 Å². The van der Waals surface area contributed by atoms with Crippen LogP contribution in [0.25, 0.3) is 0 Å². The van der Waals surface area contributed by atoms with E-state index >= 15 is 0 Å². The third-order valence-corrected chi connectivity index (χ3v) is 3.67. The van der Waals surface area contributed by atoms with E-state index in [2.05, 4.69) is 0 Å². The van der Waals surface area contributed by atoms with Gasteiger partial charge in [-0.1, -0.05) is 30.3 Å². The van der Waals surface area contributed by atoms with Gasteiger partial charge < -0.3 is 14.7 Å². The van der Waals surface area contributed by atoms with Crippen LogP contribution in [0, 0.1) is 5.92 Å². The van der Waals surface area contributed by atoms with Gasteiger partial charge in [-0.2, -0.15) is 0 Å². The molecule has 0 saturated carbocycles. The second kappa shape index (κ2) is 6.41. The van der Waals surface area contributed by atoms with Crippen LogP contribution in [-0.2, 0) is 16.1 Å². The Morgan fingerprint density at radius 1 is 1.35 bits per heavy atom. The zero-order valence-corrected chi connectivity index (χ0v) is 11.5. The molecule has 0 aliphatic carbocycles.